The first-order chi connectivity index (χ1) is 14.3. The van der Waals surface area contributed by atoms with Crippen molar-refractivity contribution in [2.75, 3.05) is 25.1 Å². The summed E-state index contributed by atoms with van der Waals surface area (Å²) in [7, 11) is -2.28. The average Bonchev–Trinajstić information content (AvgIpc) is 3.09. The zero-order valence-corrected chi connectivity index (χ0v) is 18.5. The van der Waals surface area contributed by atoms with Gasteiger partial charge in [-0.15, -0.1) is 0 Å². The number of rotatable bonds is 4. The average molecular weight is 429 g/mol. The molecule has 0 aliphatic carbocycles. The number of hydrogen-bond acceptors (Lipinski definition) is 4. The van der Waals surface area contributed by atoms with Gasteiger partial charge in [0.25, 0.3) is 0 Å². The maximum Gasteiger partial charge on any atom is 0.246 e. The molecular formula is C23H28N2O4S. The van der Waals surface area contributed by atoms with Crippen LogP contribution in [0, 0.1) is 12.8 Å². The molecule has 2 aromatic rings. The van der Waals surface area contributed by atoms with Crippen LogP contribution in [0.2, 0.25) is 0 Å². The number of ether oxygens (including phenoxy) is 1. The van der Waals surface area contributed by atoms with Gasteiger partial charge in [-0.05, 0) is 62.4 Å². The molecule has 4 rings (SSSR count). The lowest BCUT2D eigenvalue weighted by Crippen LogP contribution is -2.48. The molecule has 0 saturated carbocycles. The lowest BCUT2D eigenvalue weighted by molar-refractivity contribution is -0.123. The van der Waals surface area contributed by atoms with Crippen molar-refractivity contribution in [1.29, 1.82) is 0 Å². The third-order valence-electron chi connectivity index (χ3n) is 6.12. The Morgan fingerprint density at radius 1 is 1.17 bits per heavy atom. The third kappa shape index (κ3) is 3.61. The molecule has 1 saturated heterocycles. The molecule has 0 N–H and O–H groups in total. The molecule has 2 heterocycles. The number of benzene rings is 2. The van der Waals surface area contributed by atoms with E-state index in [9.17, 15) is 13.2 Å². The summed E-state index contributed by atoms with van der Waals surface area (Å²) < 4.78 is 33.5. The van der Waals surface area contributed by atoms with Gasteiger partial charge >= 0.3 is 0 Å². The van der Waals surface area contributed by atoms with E-state index in [1.807, 2.05) is 43.0 Å². The van der Waals surface area contributed by atoms with Gasteiger partial charge in [-0.1, -0.05) is 24.3 Å². The Morgan fingerprint density at radius 2 is 1.93 bits per heavy atom. The van der Waals surface area contributed by atoms with Gasteiger partial charge in [-0.25, -0.2) is 8.42 Å². The molecular weight excluding hydrogens is 400 g/mol. The van der Waals surface area contributed by atoms with Crippen molar-refractivity contribution >= 4 is 21.6 Å². The molecule has 0 spiro atoms. The molecule has 30 heavy (non-hydrogen) atoms. The van der Waals surface area contributed by atoms with Crippen LogP contribution < -0.4 is 9.64 Å². The van der Waals surface area contributed by atoms with Gasteiger partial charge in [-0.2, -0.15) is 4.31 Å². The first-order valence-corrected chi connectivity index (χ1v) is 11.8. The fraction of sp³-hybridized carbons (Fsp3) is 0.435. The number of anilines is 1. The predicted molar refractivity (Wildman–Crippen MR) is 116 cm³/mol. The lowest BCUT2D eigenvalue weighted by Gasteiger charge is -2.34. The topological polar surface area (TPSA) is 66.9 Å². The number of carbonyl (C=O) groups is 1. The van der Waals surface area contributed by atoms with Crippen LogP contribution in [0.1, 0.15) is 30.9 Å². The smallest absolute Gasteiger partial charge is 0.246 e. The van der Waals surface area contributed by atoms with E-state index in [0.717, 1.165) is 17.7 Å². The van der Waals surface area contributed by atoms with Crippen LogP contribution in [0.25, 0.3) is 0 Å². The van der Waals surface area contributed by atoms with Crippen LogP contribution in [0.3, 0.4) is 0 Å². The lowest BCUT2D eigenvalue weighted by atomic mass is 9.97. The molecule has 2 aliphatic heterocycles. The molecule has 1 fully saturated rings. The van der Waals surface area contributed by atoms with Gasteiger partial charge in [0.1, 0.15) is 10.6 Å². The zero-order chi connectivity index (χ0) is 21.5. The van der Waals surface area contributed by atoms with Gasteiger partial charge in [0.15, 0.2) is 0 Å². The van der Waals surface area contributed by atoms with Crippen molar-refractivity contribution in [3.63, 3.8) is 0 Å². The van der Waals surface area contributed by atoms with E-state index in [1.54, 1.807) is 12.1 Å². The standard InChI is InChI=1S/C23H28N2O4S/c1-16-10-11-21(29-3)22(13-16)30(27,28)24-12-6-8-19(15-24)23(26)25-17(2)14-18-7-4-5-9-20(18)25/h4-5,7,9-11,13,17,19H,6,8,12,14-15H2,1-3H3. The number of para-hydroxylation sites is 1. The Morgan fingerprint density at radius 3 is 2.70 bits per heavy atom. The molecule has 0 aromatic heterocycles. The number of hydrogen-bond donors (Lipinski definition) is 0. The number of amides is 1. The number of sulfonamides is 1. The zero-order valence-electron chi connectivity index (χ0n) is 17.7. The summed E-state index contributed by atoms with van der Waals surface area (Å²) in [4.78, 5) is 15.5. The Hall–Kier alpha value is -2.38. The minimum Gasteiger partial charge on any atom is -0.495 e. The second-order valence-electron chi connectivity index (χ2n) is 8.25. The summed E-state index contributed by atoms with van der Waals surface area (Å²) in [6.07, 6.45) is 2.19. The summed E-state index contributed by atoms with van der Waals surface area (Å²) in [5.74, 6) is -0.00219. The molecule has 0 radical (unpaired) electrons. The van der Waals surface area contributed by atoms with Gasteiger partial charge < -0.3 is 9.64 Å². The van der Waals surface area contributed by atoms with E-state index >= 15 is 0 Å². The van der Waals surface area contributed by atoms with Crippen molar-refractivity contribution < 1.29 is 17.9 Å². The highest BCUT2D eigenvalue weighted by atomic mass is 32.2. The molecule has 1 amide bonds. The SMILES string of the molecule is COc1ccc(C)cc1S(=O)(=O)N1CCCC(C(=O)N2c3ccccc3CC2C)C1. The molecule has 2 atom stereocenters. The predicted octanol–water partition coefficient (Wildman–Crippen LogP) is 3.38. The van der Waals surface area contributed by atoms with Crippen molar-refractivity contribution in [1.82, 2.24) is 4.31 Å². The maximum absolute atomic E-state index is 13.4. The Bertz CT molecular complexity index is 1070. The number of carbonyl (C=O) groups excluding carboxylic acids is 1. The third-order valence-corrected chi connectivity index (χ3v) is 8.00. The van der Waals surface area contributed by atoms with Crippen LogP contribution >= 0.6 is 0 Å². The molecule has 0 bridgehead atoms. The summed E-state index contributed by atoms with van der Waals surface area (Å²) in [5.41, 5.74) is 2.97. The molecule has 2 aliphatic rings. The Balaban J connectivity index is 1.60. The van der Waals surface area contributed by atoms with Gasteiger partial charge in [-0.3, -0.25) is 4.79 Å². The minimum absolute atomic E-state index is 0.0172. The van der Waals surface area contributed by atoms with Crippen molar-refractivity contribution in [3.05, 3.63) is 53.6 Å². The largest absolute Gasteiger partial charge is 0.495 e. The van der Waals surface area contributed by atoms with Crippen LogP contribution in [0.15, 0.2) is 47.4 Å². The molecule has 7 heteroatoms. The van der Waals surface area contributed by atoms with Gasteiger partial charge in [0, 0.05) is 24.8 Å². The normalized spacial score (nSPS) is 22.0. The van der Waals surface area contributed by atoms with Crippen molar-refractivity contribution in [3.8, 4) is 5.75 Å². The first kappa shape index (κ1) is 20.9. The Kier molecular flexibility index (Phi) is 5.59. The van der Waals surface area contributed by atoms with E-state index in [-0.39, 0.29) is 29.3 Å². The van der Waals surface area contributed by atoms with Crippen LogP contribution in [-0.4, -0.2) is 44.9 Å². The summed E-state index contributed by atoms with van der Waals surface area (Å²) in [6.45, 7) is 4.51. The van der Waals surface area contributed by atoms with E-state index in [4.69, 9.17) is 4.74 Å². The molecule has 160 valence electrons. The highest BCUT2D eigenvalue weighted by molar-refractivity contribution is 7.89. The number of methoxy groups -OCH3 is 1. The van der Waals surface area contributed by atoms with Crippen molar-refractivity contribution in [2.24, 2.45) is 5.92 Å². The van der Waals surface area contributed by atoms with E-state index < -0.39 is 10.0 Å². The van der Waals surface area contributed by atoms with Crippen molar-refractivity contribution in [2.45, 2.75) is 44.0 Å². The van der Waals surface area contributed by atoms with E-state index in [1.165, 1.54) is 17.0 Å². The Labute approximate surface area is 178 Å². The fourth-order valence-corrected chi connectivity index (χ4v) is 6.35. The highest BCUT2D eigenvalue weighted by Crippen LogP contribution is 2.36. The fourth-order valence-electron chi connectivity index (χ4n) is 4.58. The second kappa shape index (κ2) is 8.04. The molecule has 2 unspecified atom stereocenters. The number of fused-ring (bicyclic) bond motifs is 1. The monoisotopic (exact) mass is 428 g/mol. The number of piperidine rings is 1. The van der Waals surface area contributed by atoms with Crippen LogP contribution in [0.5, 0.6) is 5.75 Å². The van der Waals surface area contributed by atoms with Gasteiger partial charge in [0.2, 0.25) is 15.9 Å². The van der Waals surface area contributed by atoms with Crippen LogP contribution in [-0.2, 0) is 21.2 Å². The highest BCUT2D eigenvalue weighted by Gasteiger charge is 2.39. The molecule has 6 nitrogen and oxygen atoms in total. The summed E-state index contributed by atoms with van der Waals surface area (Å²) >= 11 is 0. The van der Waals surface area contributed by atoms with E-state index in [0.29, 0.717) is 25.1 Å². The minimum atomic E-state index is -3.75. The quantitative estimate of drug-likeness (QED) is 0.749. The summed E-state index contributed by atoms with van der Waals surface area (Å²) in [6, 6.07) is 13.2. The maximum atomic E-state index is 13.4. The van der Waals surface area contributed by atoms with Gasteiger partial charge in [0.05, 0.1) is 13.0 Å². The van der Waals surface area contributed by atoms with Crippen LogP contribution in [0.4, 0.5) is 5.69 Å². The van der Waals surface area contributed by atoms with E-state index in [2.05, 4.69) is 6.07 Å². The number of nitrogens with zero attached hydrogens (tertiary/aromatic N) is 2. The summed E-state index contributed by atoms with van der Waals surface area (Å²) in [5, 5.41) is 0. The number of aryl methyl sites for hydroxylation is 1. The second-order valence-corrected chi connectivity index (χ2v) is 10.2. The first-order valence-electron chi connectivity index (χ1n) is 10.4. The molecule has 2 aromatic carbocycles.